The maximum Gasteiger partial charge on any atom is 0.244 e. The van der Waals surface area contributed by atoms with Gasteiger partial charge in [0, 0.05) is 11.3 Å². The summed E-state index contributed by atoms with van der Waals surface area (Å²) in [5.74, 6) is 1.12. The molecule has 0 bridgehead atoms. The quantitative estimate of drug-likeness (QED) is 0.896. The van der Waals surface area contributed by atoms with Crippen molar-refractivity contribution in [2.75, 3.05) is 0 Å². The summed E-state index contributed by atoms with van der Waals surface area (Å²) < 4.78 is 11.5. The minimum Gasteiger partial charge on any atom is -0.490 e. The van der Waals surface area contributed by atoms with Crippen LogP contribution < -0.4 is 15.2 Å². The van der Waals surface area contributed by atoms with Crippen molar-refractivity contribution < 1.29 is 9.47 Å². The number of hydrogen-bond acceptors (Lipinski definition) is 5. The zero-order valence-corrected chi connectivity index (χ0v) is 14.1. The first-order chi connectivity index (χ1) is 12.2. The zero-order chi connectivity index (χ0) is 17.4. The fraction of sp³-hybridized carbons (Fsp3) is 0.368. The molecule has 6 nitrogen and oxygen atoms in total. The molecule has 25 heavy (non-hydrogen) atoms. The first-order valence-electron chi connectivity index (χ1n) is 8.56. The van der Waals surface area contributed by atoms with Crippen molar-refractivity contribution in [1.82, 2.24) is 10.2 Å². The fourth-order valence-electron chi connectivity index (χ4n) is 3.67. The van der Waals surface area contributed by atoms with Crippen LogP contribution in [0.4, 0.5) is 0 Å². The number of hydrogen-bond donors (Lipinski definition) is 2. The minimum atomic E-state index is -0.284. The lowest BCUT2D eigenvalue weighted by atomic mass is 9.84. The molecule has 0 unspecified atom stereocenters. The van der Waals surface area contributed by atoms with Gasteiger partial charge < -0.3 is 15.2 Å². The predicted molar refractivity (Wildman–Crippen MR) is 91.9 cm³/mol. The number of benzene rings is 1. The first kappa shape index (κ1) is 15.6. The van der Waals surface area contributed by atoms with Gasteiger partial charge in [-0.25, -0.2) is 0 Å². The predicted octanol–water partition coefficient (Wildman–Crippen LogP) is 3.26. The van der Waals surface area contributed by atoms with Gasteiger partial charge >= 0.3 is 0 Å². The van der Waals surface area contributed by atoms with E-state index in [-0.39, 0.29) is 11.8 Å². The van der Waals surface area contributed by atoms with E-state index in [1.54, 1.807) is 0 Å². The Balaban J connectivity index is 1.67. The van der Waals surface area contributed by atoms with Crippen LogP contribution in [-0.2, 0) is 0 Å². The molecular formula is C19H20N4O2. The van der Waals surface area contributed by atoms with Gasteiger partial charge in [-0.2, -0.15) is 5.26 Å². The third kappa shape index (κ3) is 2.72. The van der Waals surface area contributed by atoms with Crippen LogP contribution >= 0.6 is 0 Å². The molecule has 1 aromatic carbocycles. The Morgan fingerprint density at radius 3 is 2.68 bits per heavy atom. The summed E-state index contributed by atoms with van der Waals surface area (Å²) in [5.41, 5.74) is 9.03. The molecule has 0 amide bonds. The van der Waals surface area contributed by atoms with Gasteiger partial charge in [0.2, 0.25) is 11.8 Å². The molecule has 1 aliphatic heterocycles. The van der Waals surface area contributed by atoms with Crippen molar-refractivity contribution in [3.8, 4) is 17.7 Å². The Hall–Kier alpha value is -2.94. The van der Waals surface area contributed by atoms with E-state index in [1.807, 2.05) is 31.2 Å². The van der Waals surface area contributed by atoms with Crippen molar-refractivity contribution in [3.63, 3.8) is 0 Å². The molecule has 0 spiro atoms. The zero-order valence-electron chi connectivity index (χ0n) is 14.1. The molecular weight excluding hydrogens is 316 g/mol. The van der Waals surface area contributed by atoms with E-state index >= 15 is 0 Å². The number of aromatic nitrogens is 2. The van der Waals surface area contributed by atoms with E-state index < -0.39 is 0 Å². The maximum absolute atomic E-state index is 9.57. The first-order valence-corrected chi connectivity index (χ1v) is 8.56. The molecule has 1 fully saturated rings. The highest BCUT2D eigenvalue weighted by Crippen LogP contribution is 2.42. The van der Waals surface area contributed by atoms with Crippen LogP contribution in [-0.4, -0.2) is 16.3 Å². The number of aryl methyl sites for hydroxylation is 1. The summed E-state index contributed by atoms with van der Waals surface area (Å²) in [6, 6.07) is 10.1. The Bertz CT molecular complexity index is 855. The SMILES string of the molecule is Cc1[nH]nc2c1[C@@H](c1ccc(OC3CCCC3)cc1)C(C#N)=C(N)O2. The molecule has 3 N–H and O–H groups in total. The monoisotopic (exact) mass is 336 g/mol. The summed E-state index contributed by atoms with van der Waals surface area (Å²) in [6.45, 7) is 1.91. The van der Waals surface area contributed by atoms with Crippen molar-refractivity contribution in [3.05, 3.63) is 52.5 Å². The van der Waals surface area contributed by atoms with E-state index in [9.17, 15) is 5.26 Å². The van der Waals surface area contributed by atoms with Gasteiger partial charge in [-0.05, 0) is 50.3 Å². The number of allylic oxidation sites excluding steroid dienone is 1. The summed E-state index contributed by atoms with van der Waals surface area (Å²) in [6.07, 6.45) is 5.04. The van der Waals surface area contributed by atoms with Crippen molar-refractivity contribution in [2.24, 2.45) is 5.73 Å². The number of nitrogens with two attached hydrogens (primary N) is 1. The van der Waals surface area contributed by atoms with Crippen molar-refractivity contribution in [1.29, 1.82) is 5.26 Å². The second-order valence-electron chi connectivity index (χ2n) is 6.59. The minimum absolute atomic E-state index is 0.109. The molecule has 1 atom stereocenters. The van der Waals surface area contributed by atoms with Crippen LogP contribution in [0, 0.1) is 18.3 Å². The Morgan fingerprint density at radius 1 is 1.28 bits per heavy atom. The number of ether oxygens (including phenoxy) is 2. The third-order valence-electron chi connectivity index (χ3n) is 4.95. The van der Waals surface area contributed by atoms with Crippen LogP contribution in [0.1, 0.15) is 48.4 Å². The van der Waals surface area contributed by atoms with Gasteiger partial charge in [0.1, 0.15) is 17.4 Å². The fourth-order valence-corrected chi connectivity index (χ4v) is 3.67. The van der Waals surface area contributed by atoms with Crippen molar-refractivity contribution in [2.45, 2.75) is 44.6 Å². The number of nitriles is 1. The lowest BCUT2D eigenvalue weighted by molar-refractivity contribution is 0.210. The molecule has 2 aliphatic rings. The molecule has 2 heterocycles. The van der Waals surface area contributed by atoms with Crippen LogP contribution in [0.2, 0.25) is 0 Å². The molecule has 1 saturated carbocycles. The van der Waals surface area contributed by atoms with Crippen LogP contribution in [0.5, 0.6) is 11.6 Å². The number of aromatic amines is 1. The van der Waals surface area contributed by atoms with E-state index in [0.717, 1.165) is 35.4 Å². The number of nitrogens with one attached hydrogen (secondary N) is 1. The topological polar surface area (TPSA) is 97.0 Å². The molecule has 2 aromatic rings. The number of nitrogens with zero attached hydrogens (tertiary/aromatic N) is 2. The molecule has 0 radical (unpaired) electrons. The molecule has 1 aromatic heterocycles. The summed E-state index contributed by atoms with van der Waals surface area (Å²) >= 11 is 0. The summed E-state index contributed by atoms with van der Waals surface area (Å²) in [7, 11) is 0. The van der Waals surface area contributed by atoms with Gasteiger partial charge in [-0.1, -0.05) is 12.1 Å². The number of H-pyrrole nitrogens is 1. The molecule has 4 rings (SSSR count). The highest BCUT2D eigenvalue weighted by atomic mass is 16.5. The Labute approximate surface area is 146 Å². The second-order valence-corrected chi connectivity index (χ2v) is 6.59. The summed E-state index contributed by atoms with van der Waals surface area (Å²) in [5, 5.41) is 16.6. The standard InChI is InChI=1S/C19H20N4O2/c1-11-16-17(15(10-20)18(21)25-19(16)23-22-11)12-6-8-14(9-7-12)24-13-4-2-3-5-13/h6-9,13,17H,2-5,21H2,1H3,(H,22,23)/t17-/m0/s1. The Kier molecular flexibility index (Phi) is 3.85. The van der Waals surface area contributed by atoms with Gasteiger partial charge in [0.15, 0.2) is 0 Å². The van der Waals surface area contributed by atoms with Crippen LogP contribution in [0.15, 0.2) is 35.7 Å². The van der Waals surface area contributed by atoms with Gasteiger partial charge in [-0.3, -0.25) is 5.10 Å². The van der Waals surface area contributed by atoms with E-state index in [1.165, 1.54) is 12.8 Å². The van der Waals surface area contributed by atoms with E-state index in [0.29, 0.717) is 17.6 Å². The van der Waals surface area contributed by atoms with Crippen molar-refractivity contribution >= 4 is 0 Å². The third-order valence-corrected chi connectivity index (χ3v) is 4.95. The highest BCUT2D eigenvalue weighted by molar-refractivity contribution is 5.55. The smallest absolute Gasteiger partial charge is 0.244 e. The summed E-state index contributed by atoms with van der Waals surface area (Å²) in [4.78, 5) is 0. The second kappa shape index (κ2) is 6.17. The average molecular weight is 336 g/mol. The van der Waals surface area contributed by atoms with Crippen LogP contribution in [0.3, 0.4) is 0 Å². The normalized spacial score (nSPS) is 20.1. The number of rotatable bonds is 3. The Morgan fingerprint density at radius 2 is 2.00 bits per heavy atom. The molecule has 1 aliphatic carbocycles. The van der Waals surface area contributed by atoms with Gasteiger partial charge in [0.25, 0.3) is 0 Å². The van der Waals surface area contributed by atoms with Gasteiger partial charge in [-0.15, -0.1) is 5.10 Å². The maximum atomic E-state index is 9.57. The lowest BCUT2D eigenvalue weighted by Gasteiger charge is -2.24. The largest absolute Gasteiger partial charge is 0.490 e. The van der Waals surface area contributed by atoms with Crippen LogP contribution in [0.25, 0.3) is 0 Å². The number of fused-ring (bicyclic) bond motifs is 1. The average Bonchev–Trinajstić information content (AvgIpc) is 3.25. The lowest BCUT2D eigenvalue weighted by Crippen LogP contribution is -2.21. The molecule has 128 valence electrons. The van der Waals surface area contributed by atoms with E-state index in [4.69, 9.17) is 15.2 Å². The van der Waals surface area contributed by atoms with Gasteiger partial charge in [0.05, 0.1) is 12.0 Å². The highest BCUT2D eigenvalue weighted by Gasteiger charge is 2.34. The molecule has 0 saturated heterocycles. The van der Waals surface area contributed by atoms with E-state index in [2.05, 4.69) is 16.3 Å². The molecule has 6 heteroatoms.